The van der Waals surface area contributed by atoms with Gasteiger partial charge in [-0.2, -0.15) is 0 Å². The Balaban J connectivity index is 2.19. The SMILES string of the molecule is COC(=O)C[C@H](NC(=O)c1ccco1)c1ccc(C(C)C)cc1. The second kappa shape index (κ2) is 7.63. The summed E-state index contributed by atoms with van der Waals surface area (Å²) in [6.45, 7) is 4.22. The number of carbonyl (C=O) groups excluding carboxylic acids is 2. The molecule has 1 N–H and O–H groups in total. The van der Waals surface area contributed by atoms with Gasteiger partial charge in [0.2, 0.25) is 0 Å². The van der Waals surface area contributed by atoms with Gasteiger partial charge in [-0.15, -0.1) is 0 Å². The molecule has 1 heterocycles. The van der Waals surface area contributed by atoms with Crippen molar-refractivity contribution in [1.82, 2.24) is 5.32 Å². The van der Waals surface area contributed by atoms with Crippen LogP contribution in [0.5, 0.6) is 0 Å². The Morgan fingerprint density at radius 3 is 2.30 bits per heavy atom. The minimum Gasteiger partial charge on any atom is -0.469 e. The Hall–Kier alpha value is -2.56. The van der Waals surface area contributed by atoms with Gasteiger partial charge >= 0.3 is 5.97 Å². The molecule has 23 heavy (non-hydrogen) atoms. The van der Waals surface area contributed by atoms with Crippen LogP contribution in [0.4, 0.5) is 0 Å². The third-order valence-electron chi connectivity index (χ3n) is 3.65. The Labute approximate surface area is 135 Å². The smallest absolute Gasteiger partial charge is 0.307 e. The Bertz CT molecular complexity index is 644. The van der Waals surface area contributed by atoms with Crippen LogP contribution in [-0.4, -0.2) is 19.0 Å². The minimum atomic E-state index is -0.471. The molecule has 0 bridgehead atoms. The van der Waals surface area contributed by atoms with Crippen molar-refractivity contribution >= 4 is 11.9 Å². The maximum atomic E-state index is 12.2. The van der Waals surface area contributed by atoms with Crippen LogP contribution in [0.2, 0.25) is 0 Å². The van der Waals surface area contributed by atoms with Gasteiger partial charge in [0.05, 0.1) is 25.8 Å². The number of benzene rings is 1. The van der Waals surface area contributed by atoms with Crippen LogP contribution in [0.15, 0.2) is 47.1 Å². The fourth-order valence-electron chi connectivity index (χ4n) is 2.25. The van der Waals surface area contributed by atoms with Crippen LogP contribution in [-0.2, 0) is 9.53 Å². The highest BCUT2D eigenvalue weighted by Gasteiger charge is 2.21. The number of amides is 1. The third kappa shape index (κ3) is 4.45. The highest BCUT2D eigenvalue weighted by atomic mass is 16.5. The second-order valence-corrected chi connectivity index (χ2v) is 5.60. The summed E-state index contributed by atoms with van der Waals surface area (Å²) in [6.07, 6.45) is 1.49. The van der Waals surface area contributed by atoms with Gasteiger partial charge in [0.25, 0.3) is 5.91 Å². The fraction of sp³-hybridized carbons (Fsp3) is 0.333. The standard InChI is InChI=1S/C18H21NO4/c1-12(2)13-6-8-14(9-7-13)15(11-17(20)22-3)19-18(21)16-5-4-10-23-16/h4-10,12,15H,11H2,1-3H3,(H,19,21)/t15-/m0/s1. The van der Waals surface area contributed by atoms with E-state index in [-0.39, 0.29) is 24.1 Å². The molecule has 0 saturated carbocycles. The molecule has 1 aromatic carbocycles. The van der Waals surface area contributed by atoms with Gasteiger partial charge in [0.15, 0.2) is 5.76 Å². The molecule has 5 nitrogen and oxygen atoms in total. The normalized spacial score (nSPS) is 12.0. The third-order valence-corrected chi connectivity index (χ3v) is 3.65. The van der Waals surface area contributed by atoms with E-state index < -0.39 is 6.04 Å². The lowest BCUT2D eigenvalue weighted by atomic mass is 9.97. The molecule has 0 radical (unpaired) electrons. The van der Waals surface area contributed by atoms with Gasteiger partial charge < -0.3 is 14.5 Å². The first-order chi connectivity index (χ1) is 11.0. The molecular formula is C18H21NO4. The topological polar surface area (TPSA) is 68.5 Å². The zero-order valence-electron chi connectivity index (χ0n) is 13.5. The molecule has 1 aromatic heterocycles. The summed E-state index contributed by atoms with van der Waals surface area (Å²) in [6, 6.07) is 10.6. The Morgan fingerprint density at radius 2 is 1.78 bits per heavy atom. The molecule has 0 fully saturated rings. The molecule has 5 heteroatoms. The molecule has 0 aliphatic heterocycles. The van der Waals surface area contributed by atoms with Crippen molar-refractivity contribution in [2.45, 2.75) is 32.2 Å². The number of nitrogens with one attached hydrogen (secondary N) is 1. The molecule has 2 aromatic rings. The molecular weight excluding hydrogens is 294 g/mol. The first-order valence-corrected chi connectivity index (χ1v) is 7.52. The maximum absolute atomic E-state index is 12.2. The zero-order chi connectivity index (χ0) is 16.8. The predicted molar refractivity (Wildman–Crippen MR) is 86.1 cm³/mol. The summed E-state index contributed by atoms with van der Waals surface area (Å²) in [5.41, 5.74) is 2.04. The van der Waals surface area contributed by atoms with Gasteiger partial charge in [-0.05, 0) is 29.2 Å². The van der Waals surface area contributed by atoms with Crippen LogP contribution in [0, 0.1) is 0 Å². The summed E-state index contributed by atoms with van der Waals surface area (Å²) < 4.78 is 9.81. The van der Waals surface area contributed by atoms with Crippen LogP contribution < -0.4 is 5.32 Å². The van der Waals surface area contributed by atoms with Crippen LogP contribution in [0.3, 0.4) is 0 Å². The molecule has 0 aliphatic rings. The number of carbonyl (C=O) groups is 2. The van der Waals surface area contributed by atoms with E-state index in [4.69, 9.17) is 9.15 Å². The van der Waals surface area contributed by atoms with Gasteiger partial charge in [0, 0.05) is 0 Å². The lowest BCUT2D eigenvalue weighted by Gasteiger charge is -2.18. The van der Waals surface area contributed by atoms with Gasteiger partial charge in [0.1, 0.15) is 0 Å². The Kier molecular flexibility index (Phi) is 5.57. The number of methoxy groups -OCH3 is 1. The monoisotopic (exact) mass is 315 g/mol. The minimum absolute atomic E-state index is 0.0595. The predicted octanol–water partition coefficient (Wildman–Crippen LogP) is 3.44. The Morgan fingerprint density at radius 1 is 1.13 bits per heavy atom. The van der Waals surface area contributed by atoms with E-state index in [9.17, 15) is 9.59 Å². The average molecular weight is 315 g/mol. The summed E-state index contributed by atoms with van der Waals surface area (Å²) >= 11 is 0. The molecule has 122 valence electrons. The van der Waals surface area contributed by atoms with Crippen molar-refractivity contribution in [3.63, 3.8) is 0 Å². The molecule has 2 rings (SSSR count). The van der Waals surface area contributed by atoms with E-state index in [1.165, 1.54) is 18.9 Å². The first-order valence-electron chi connectivity index (χ1n) is 7.52. The summed E-state index contributed by atoms with van der Waals surface area (Å²) in [4.78, 5) is 23.8. The van der Waals surface area contributed by atoms with Crippen molar-refractivity contribution in [2.24, 2.45) is 0 Å². The van der Waals surface area contributed by atoms with Gasteiger partial charge in [-0.3, -0.25) is 9.59 Å². The first kappa shape index (κ1) is 16.8. The lowest BCUT2D eigenvalue weighted by Crippen LogP contribution is -2.30. The number of hydrogen-bond acceptors (Lipinski definition) is 4. The molecule has 0 aliphatic carbocycles. The largest absolute Gasteiger partial charge is 0.469 e. The van der Waals surface area contributed by atoms with Crippen LogP contribution in [0.1, 0.15) is 53.9 Å². The number of hydrogen-bond donors (Lipinski definition) is 1. The van der Waals surface area contributed by atoms with Crippen molar-refractivity contribution < 1.29 is 18.7 Å². The quantitative estimate of drug-likeness (QED) is 0.829. The number of esters is 1. The fourth-order valence-corrected chi connectivity index (χ4v) is 2.25. The maximum Gasteiger partial charge on any atom is 0.307 e. The van der Waals surface area contributed by atoms with Crippen LogP contribution in [0.25, 0.3) is 0 Å². The molecule has 0 spiro atoms. The average Bonchev–Trinajstić information content (AvgIpc) is 3.08. The highest BCUT2D eigenvalue weighted by molar-refractivity contribution is 5.92. The molecule has 0 unspecified atom stereocenters. The summed E-state index contributed by atoms with van der Waals surface area (Å²) in [7, 11) is 1.33. The van der Waals surface area contributed by atoms with E-state index in [1.54, 1.807) is 12.1 Å². The second-order valence-electron chi connectivity index (χ2n) is 5.60. The molecule has 0 saturated heterocycles. The highest BCUT2D eigenvalue weighted by Crippen LogP contribution is 2.22. The van der Waals surface area contributed by atoms with E-state index in [1.807, 2.05) is 24.3 Å². The zero-order valence-corrected chi connectivity index (χ0v) is 13.5. The molecule has 1 atom stereocenters. The van der Waals surface area contributed by atoms with E-state index in [2.05, 4.69) is 19.2 Å². The van der Waals surface area contributed by atoms with Crippen LogP contribution >= 0.6 is 0 Å². The van der Waals surface area contributed by atoms with Gasteiger partial charge in [-0.1, -0.05) is 38.1 Å². The lowest BCUT2D eigenvalue weighted by molar-refractivity contribution is -0.141. The summed E-state index contributed by atoms with van der Waals surface area (Å²) in [5, 5.41) is 2.82. The van der Waals surface area contributed by atoms with Crippen molar-refractivity contribution in [3.05, 3.63) is 59.5 Å². The summed E-state index contributed by atoms with van der Waals surface area (Å²) in [5.74, 6) is -0.126. The number of rotatable bonds is 6. The number of furan rings is 1. The van der Waals surface area contributed by atoms with E-state index in [0.717, 1.165) is 5.56 Å². The van der Waals surface area contributed by atoms with E-state index >= 15 is 0 Å². The number of ether oxygens (including phenoxy) is 1. The van der Waals surface area contributed by atoms with Crippen molar-refractivity contribution in [3.8, 4) is 0 Å². The molecule has 1 amide bonds. The van der Waals surface area contributed by atoms with Gasteiger partial charge in [-0.25, -0.2) is 0 Å². The van der Waals surface area contributed by atoms with Crippen molar-refractivity contribution in [1.29, 1.82) is 0 Å². The van der Waals surface area contributed by atoms with Crippen molar-refractivity contribution in [2.75, 3.05) is 7.11 Å². The van der Waals surface area contributed by atoms with E-state index in [0.29, 0.717) is 5.92 Å².